The molecule has 1 aromatic carbocycles. The predicted molar refractivity (Wildman–Crippen MR) is 47.1 cm³/mol. The summed E-state index contributed by atoms with van der Waals surface area (Å²) in [5.41, 5.74) is -0.401. The van der Waals surface area contributed by atoms with Crippen LogP contribution in [0.15, 0.2) is 12.1 Å². The molecule has 0 aliphatic rings. The van der Waals surface area contributed by atoms with Crippen LogP contribution in [0.3, 0.4) is 0 Å². The minimum absolute atomic E-state index is 0.316. The fourth-order valence-electron chi connectivity index (χ4n) is 0.883. The molecule has 0 atom stereocenters. The van der Waals surface area contributed by atoms with Crippen molar-refractivity contribution in [3.05, 3.63) is 35.1 Å². The van der Waals surface area contributed by atoms with Crippen LogP contribution in [0.5, 0.6) is 0 Å². The number of hydrogen-bond acceptors (Lipinski definition) is 1. The monoisotopic (exact) mass is 199 g/mol. The molecular weight excluding hydrogens is 191 g/mol. The Balaban J connectivity index is 3.04. The van der Waals surface area contributed by atoms with Crippen LogP contribution in [0.1, 0.15) is 5.56 Å². The van der Waals surface area contributed by atoms with Crippen molar-refractivity contribution in [2.45, 2.75) is 0 Å². The molecule has 0 saturated heterocycles. The lowest BCUT2D eigenvalue weighted by molar-refractivity contribution is 0.539. The van der Waals surface area contributed by atoms with E-state index in [2.05, 4.69) is 17.2 Å². The number of halogens is 3. The van der Waals surface area contributed by atoms with Crippen LogP contribution in [0.4, 0.5) is 13.2 Å². The van der Waals surface area contributed by atoms with Gasteiger partial charge in [0, 0.05) is 12.1 Å². The molecule has 1 N–H and O–H groups in total. The number of rotatable bonds is 1. The molecular formula is C10H8F3N. The fraction of sp³-hybridized carbons (Fsp3) is 0.200. The maximum atomic E-state index is 12.9. The lowest BCUT2D eigenvalue weighted by Gasteiger charge is -1.96. The molecule has 0 aromatic heterocycles. The Morgan fingerprint density at radius 1 is 1.21 bits per heavy atom. The Labute approximate surface area is 79.9 Å². The molecule has 1 rings (SSSR count). The van der Waals surface area contributed by atoms with Crippen LogP contribution in [0.25, 0.3) is 0 Å². The van der Waals surface area contributed by atoms with Crippen molar-refractivity contribution >= 4 is 0 Å². The third-order valence-corrected chi connectivity index (χ3v) is 1.49. The van der Waals surface area contributed by atoms with Gasteiger partial charge in [0.05, 0.1) is 12.1 Å². The van der Waals surface area contributed by atoms with E-state index in [0.717, 1.165) is 0 Å². The van der Waals surface area contributed by atoms with E-state index in [1.54, 1.807) is 7.05 Å². The zero-order valence-corrected chi connectivity index (χ0v) is 7.50. The fourth-order valence-corrected chi connectivity index (χ4v) is 0.883. The van der Waals surface area contributed by atoms with Crippen molar-refractivity contribution in [1.82, 2.24) is 5.32 Å². The molecule has 0 unspecified atom stereocenters. The van der Waals surface area contributed by atoms with Gasteiger partial charge in [-0.2, -0.15) is 0 Å². The molecule has 0 bridgehead atoms. The van der Waals surface area contributed by atoms with E-state index in [4.69, 9.17) is 0 Å². The standard InChI is InChI=1S/C10H8F3N/c1-14-4-2-3-8-9(12)5-7(11)6-10(8)13/h5-6,14H,4H2,1H3. The predicted octanol–water partition coefficient (Wildman–Crippen LogP) is 1.67. The van der Waals surface area contributed by atoms with E-state index >= 15 is 0 Å². The van der Waals surface area contributed by atoms with E-state index in [1.807, 2.05) is 0 Å². The minimum atomic E-state index is -0.980. The van der Waals surface area contributed by atoms with Crippen LogP contribution < -0.4 is 5.32 Å². The van der Waals surface area contributed by atoms with Gasteiger partial charge in [-0.05, 0) is 7.05 Å². The lowest BCUT2D eigenvalue weighted by atomic mass is 10.2. The molecule has 74 valence electrons. The molecule has 1 aromatic rings. The Bertz CT molecular complexity index is 367. The SMILES string of the molecule is CNCC#Cc1c(F)cc(F)cc1F. The van der Waals surface area contributed by atoms with Gasteiger partial charge in [-0.15, -0.1) is 0 Å². The second-order valence-corrected chi connectivity index (χ2v) is 2.58. The van der Waals surface area contributed by atoms with Crippen molar-refractivity contribution in [1.29, 1.82) is 0 Å². The number of nitrogens with one attached hydrogen (secondary N) is 1. The van der Waals surface area contributed by atoms with Crippen LogP contribution in [0.2, 0.25) is 0 Å². The zero-order valence-electron chi connectivity index (χ0n) is 7.50. The van der Waals surface area contributed by atoms with Gasteiger partial charge in [0.2, 0.25) is 0 Å². The second kappa shape index (κ2) is 4.68. The summed E-state index contributed by atoms with van der Waals surface area (Å²) in [4.78, 5) is 0. The molecule has 0 fully saturated rings. The van der Waals surface area contributed by atoms with Crippen molar-refractivity contribution in [3.63, 3.8) is 0 Å². The Morgan fingerprint density at radius 2 is 1.79 bits per heavy atom. The van der Waals surface area contributed by atoms with Crippen LogP contribution in [0, 0.1) is 29.3 Å². The van der Waals surface area contributed by atoms with Gasteiger partial charge in [-0.25, -0.2) is 13.2 Å². The van der Waals surface area contributed by atoms with Gasteiger partial charge in [0.15, 0.2) is 0 Å². The summed E-state index contributed by atoms with van der Waals surface area (Å²) >= 11 is 0. The average Bonchev–Trinajstić information content (AvgIpc) is 2.09. The van der Waals surface area contributed by atoms with Gasteiger partial charge >= 0.3 is 0 Å². The molecule has 0 amide bonds. The smallest absolute Gasteiger partial charge is 0.144 e. The van der Waals surface area contributed by atoms with Crippen molar-refractivity contribution in [3.8, 4) is 11.8 Å². The molecule has 1 nitrogen and oxygen atoms in total. The zero-order chi connectivity index (χ0) is 10.6. The maximum Gasteiger partial charge on any atom is 0.144 e. The second-order valence-electron chi connectivity index (χ2n) is 2.58. The molecule has 0 spiro atoms. The number of hydrogen-bond donors (Lipinski definition) is 1. The Hall–Kier alpha value is -1.47. The van der Waals surface area contributed by atoms with Crippen molar-refractivity contribution in [2.24, 2.45) is 0 Å². The van der Waals surface area contributed by atoms with E-state index in [1.165, 1.54) is 0 Å². The maximum absolute atomic E-state index is 12.9. The Morgan fingerprint density at radius 3 is 2.29 bits per heavy atom. The average molecular weight is 199 g/mol. The quantitative estimate of drug-likeness (QED) is 0.678. The normalized spacial score (nSPS) is 9.43. The van der Waals surface area contributed by atoms with Gasteiger partial charge in [0.25, 0.3) is 0 Å². The molecule has 0 aliphatic heterocycles. The molecule has 0 radical (unpaired) electrons. The molecule has 14 heavy (non-hydrogen) atoms. The molecule has 0 saturated carbocycles. The third kappa shape index (κ3) is 2.51. The molecule has 4 heteroatoms. The highest BCUT2D eigenvalue weighted by molar-refractivity contribution is 5.37. The summed E-state index contributed by atoms with van der Waals surface area (Å²) in [6.45, 7) is 0.316. The largest absolute Gasteiger partial charge is 0.309 e. The highest BCUT2D eigenvalue weighted by Gasteiger charge is 2.08. The van der Waals surface area contributed by atoms with Crippen LogP contribution in [-0.2, 0) is 0 Å². The van der Waals surface area contributed by atoms with Crippen LogP contribution >= 0.6 is 0 Å². The highest BCUT2D eigenvalue weighted by Crippen LogP contribution is 2.12. The van der Waals surface area contributed by atoms with Crippen molar-refractivity contribution in [2.75, 3.05) is 13.6 Å². The summed E-state index contributed by atoms with van der Waals surface area (Å²) in [6.07, 6.45) is 0. The van der Waals surface area contributed by atoms with Gasteiger partial charge in [-0.3, -0.25) is 0 Å². The number of benzene rings is 1. The van der Waals surface area contributed by atoms with E-state index in [0.29, 0.717) is 18.7 Å². The summed E-state index contributed by atoms with van der Waals surface area (Å²) in [6, 6.07) is 1.21. The van der Waals surface area contributed by atoms with Gasteiger partial charge in [0.1, 0.15) is 17.5 Å². The summed E-state index contributed by atoms with van der Waals surface area (Å²) < 4.78 is 38.3. The lowest BCUT2D eigenvalue weighted by Crippen LogP contribution is -2.04. The first-order valence-electron chi connectivity index (χ1n) is 3.93. The highest BCUT2D eigenvalue weighted by atomic mass is 19.1. The minimum Gasteiger partial charge on any atom is -0.309 e. The first kappa shape index (κ1) is 10.6. The topological polar surface area (TPSA) is 12.0 Å². The van der Waals surface area contributed by atoms with E-state index in [-0.39, 0.29) is 0 Å². The third-order valence-electron chi connectivity index (χ3n) is 1.49. The molecule has 0 aliphatic carbocycles. The first-order valence-corrected chi connectivity index (χ1v) is 3.93. The van der Waals surface area contributed by atoms with E-state index < -0.39 is 23.0 Å². The Kier molecular flexibility index (Phi) is 3.55. The van der Waals surface area contributed by atoms with Crippen LogP contribution in [-0.4, -0.2) is 13.6 Å². The van der Waals surface area contributed by atoms with Crippen molar-refractivity contribution < 1.29 is 13.2 Å². The summed E-state index contributed by atoms with van der Waals surface area (Å²) in [5, 5.41) is 2.70. The van der Waals surface area contributed by atoms with Gasteiger partial charge in [-0.1, -0.05) is 11.8 Å². The molecule has 0 heterocycles. The van der Waals surface area contributed by atoms with Gasteiger partial charge < -0.3 is 5.32 Å². The van der Waals surface area contributed by atoms with E-state index in [9.17, 15) is 13.2 Å². The summed E-state index contributed by atoms with van der Waals surface area (Å²) in [7, 11) is 1.66. The first-order chi connectivity index (χ1) is 6.65. The summed E-state index contributed by atoms with van der Waals surface area (Å²) in [5.74, 6) is 1.86.